The van der Waals surface area contributed by atoms with Crippen molar-refractivity contribution in [2.75, 3.05) is 20.7 Å². The van der Waals surface area contributed by atoms with E-state index in [1.165, 1.54) is 0 Å². The van der Waals surface area contributed by atoms with Crippen molar-refractivity contribution in [2.45, 2.75) is 12.8 Å². The fourth-order valence-electron chi connectivity index (χ4n) is 1.69. The molecule has 0 aliphatic carbocycles. The Morgan fingerprint density at radius 2 is 2.53 bits per heavy atom. The first-order valence-electron chi connectivity index (χ1n) is 4.76. The fraction of sp³-hybridized carbons (Fsp3) is 0.500. The molecule has 1 atom stereocenters. The Morgan fingerprint density at radius 1 is 1.73 bits per heavy atom. The van der Waals surface area contributed by atoms with Gasteiger partial charge in [-0.15, -0.1) is 11.3 Å². The van der Waals surface area contributed by atoms with E-state index in [0.717, 1.165) is 10.4 Å². The van der Waals surface area contributed by atoms with Crippen LogP contribution in [0.25, 0.3) is 0 Å². The maximum Gasteiger partial charge on any atom is 0.235 e. The van der Waals surface area contributed by atoms with Gasteiger partial charge in [0.25, 0.3) is 0 Å². The standard InChI is InChI=1S/C10H14N2O2S/c1-12-4-9(13)11-10(12)8-3-7(5-14-2)6-15-8/h3,6,10H,4-5H2,1-2H3,(H,11,13). The fourth-order valence-corrected chi connectivity index (χ4v) is 2.71. The molecule has 0 spiro atoms. The summed E-state index contributed by atoms with van der Waals surface area (Å²) in [5.74, 6) is 0.0872. The van der Waals surface area contributed by atoms with Crippen LogP contribution >= 0.6 is 11.3 Å². The minimum Gasteiger partial charge on any atom is -0.380 e. The van der Waals surface area contributed by atoms with Gasteiger partial charge in [0.05, 0.1) is 13.2 Å². The Kier molecular flexibility index (Phi) is 3.04. The number of ether oxygens (including phenoxy) is 1. The van der Waals surface area contributed by atoms with Crippen molar-refractivity contribution in [3.63, 3.8) is 0 Å². The number of hydrogen-bond acceptors (Lipinski definition) is 4. The average molecular weight is 226 g/mol. The lowest BCUT2D eigenvalue weighted by Gasteiger charge is -2.16. The second-order valence-electron chi connectivity index (χ2n) is 3.68. The van der Waals surface area contributed by atoms with E-state index in [0.29, 0.717) is 13.2 Å². The number of amides is 1. The summed E-state index contributed by atoms with van der Waals surface area (Å²) in [5.41, 5.74) is 1.16. The first-order valence-corrected chi connectivity index (χ1v) is 5.64. The minimum atomic E-state index is 0.0353. The molecule has 5 heteroatoms. The molecule has 4 nitrogen and oxygen atoms in total. The summed E-state index contributed by atoms with van der Waals surface area (Å²) in [5, 5.41) is 5.00. The third-order valence-electron chi connectivity index (χ3n) is 2.39. The molecule has 0 bridgehead atoms. The van der Waals surface area contributed by atoms with Gasteiger partial charge in [0.2, 0.25) is 5.91 Å². The van der Waals surface area contributed by atoms with E-state index in [1.807, 2.05) is 11.9 Å². The average Bonchev–Trinajstić information content (AvgIpc) is 2.73. The van der Waals surface area contributed by atoms with Crippen LogP contribution in [0.1, 0.15) is 16.6 Å². The van der Waals surface area contributed by atoms with Crippen molar-refractivity contribution in [1.29, 1.82) is 0 Å². The molecule has 0 saturated carbocycles. The van der Waals surface area contributed by atoms with Crippen molar-refractivity contribution in [1.82, 2.24) is 10.2 Å². The number of carbonyl (C=O) groups is 1. The molecule has 1 unspecified atom stereocenters. The zero-order chi connectivity index (χ0) is 10.8. The molecule has 2 heterocycles. The van der Waals surface area contributed by atoms with Crippen molar-refractivity contribution in [3.05, 3.63) is 21.9 Å². The van der Waals surface area contributed by atoms with Gasteiger partial charge in [0.15, 0.2) is 0 Å². The van der Waals surface area contributed by atoms with E-state index in [-0.39, 0.29) is 12.1 Å². The van der Waals surface area contributed by atoms with Crippen LogP contribution in [0.3, 0.4) is 0 Å². The lowest BCUT2D eigenvalue weighted by molar-refractivity contribution is -0.118. The van der Waals surface area contributed by atoms with E-state index in [1.54, 1.807) is 18.4 Å². The summed E-state index contributed by atoms with van der Waals surface area (Å²) in [6, 6.07) is 2.08. The Hall–Kier alpha value is -0.910. The van der Waals surface area contributed by atoms with Gasteiger partial charge >= 0.3 is 0 Å². The molecule has 1 N–H and O–H groups in total. The number of methoxy groups -OCH3 is 1. The third kappa shape index (κ3) is 2.19. The molecule has 1 amide bonds. The first kappa shape index (κ1) is 10.6. The molecule has 1 aromatic heterocycles. The van der Waals surface area contributed by atoms with E-state index < -0.39 is 0 Å². The molecule has 1 fully saturated rings. The van der Waals surface area contributed by atoms with E-state index in [9.17, 15) is 4.79 Å². The van der Waals surface area contributed by atoms with Gasteiger partial charge in [-0.25, -0.2) is 0 Å². The molecule has 1 saturated heterocycles. The maximum absolute atomic E-state index is 11.2. The summed E-state index contributed by atoms with van der Waals surface area (Å²) < 4.78 is 5.06. The highest BCUT2D eigenvalue weighted by Crippen LogP contribution is 2.26. The zero-order valence-corrected chi connectivity index (χ0v) is 9.63. The normalized spacial score (nSPS) is 22.0. The lowest BCUT2D eigenvalue weighted by Crippen LogP contribution is -2.23. The molecule has 1 aliphatic heterocycles. The van der Waals surface area contributed by atoms with E-state index in [2.05, 4.69) is 16.8 Å². The van der Waals surface area contributed by atoms with Crippen LogP contribution in [-0.4, -0.2) is 31.5 Å². The van der Waals surface area contributed by atoms with Crippen LogP contribution in [0.4, 0.5) is 0 Å². The maximum atomic E-state index is 11.2. The number of hydrogen-bond donors (Lipinski definition) is 1. The van der Waals surface area contributed by atoms with Gasteiger partial charge in [0.1, 0.15) is 6.17 Å². The van der Waals surface area contributed by atoms with E-state index in [4.69, 9.17) is 4.74 Å². The summed E-state index contributed by atoms with van der Waals surface area (Å²) in [7, 11) is 3.62. The van der Waals surface area contributed by atoms with Crippen molar-refractivity contribution >= 4 is 17.2 Å². The van der Waals surface area contributed by atoms with Gasteiger partial charge in [0, 0.05) is 12.0 Å². The van der Waals surface area contributed by atoms with Crippen molar-refractivity contribution in [3.8, 4) is 0 Å². The Bertz CT molecular complexity index is 364. The van der Waals surface area contributed by atoms with Crippen molar-refractivity contribution < 1.29 is 9.53 Å². The number of thiophene rings is 1. The van der Waals surface area contributed by atoms with Crippen LogP contribution in [0.15, 0.2) is 11.4 Å². The summed E-state index contributed by atoms with van der Waals surface area (Å²) in [4.78, 5) is 14.4. The first-order chi connectivity index (χ1) is 7.20. The quantitative estimate of drug-likeness (QED) is 0.834. The number of nitrogens with one attached hydrogen (secondary N) is 1. The number of likely N-dealkylation sites (N-methyl/N-ethyl adjacent to an activating group) is 1. The molecule has 0 aromatic carbocycles. The minimum absolute atomic E-state index is 0.0353. The molecule has 0 radical (unpaired) electrons. The van der Waals surface area contributed by atoms with Gasteiger partial charge in [-0.3, -0.25) is 9.69 Å². The molecule has 82 valence electrons. The molecular weight excluding hydrogens is 212 g/mol. The van der Waals surface area contributed by atoms with Crippen LogP contribution in [0.5, 0.6) is 0 Å². The lowest BCUT2D eigenvalue weighted by atomic mass is 10.3. The van der Waals surface area contributed by atoms with Crippen LogP contribution < -0.4 is 5.32 Å². The molecule has 1 aromatic rings. The molecule has 2 rings (SSSR count). The van der Waals surface area contributed by atoms with Gasteiger partial charge in [-0.2, -0.15) is 0 Å². The van der Waals surface area contributed by atoms with Crippen molar-refractivity contribution in [2.24, 2.45) is 0 Å². The predicted octanol–water partition coefficient (Wildman–Crippen LogP) is 0.955. The zero-order valence-electron chi connectivity index (χ0n) is 8.82. The Morgan fingerprint density at radius 3 is 3.13 bits per heavy atom. The largest absolute Gasteiger partial charge is 0.380 e. The second-order valence-corrected chi connectivity index (χ2v) is 4.62. The topological polar surface area (TPSA) is 41.6 Å². The molecular formula is C10H14N2O2S. The highest BCUT2D eigenvalue weighted by atomic mass is 32.1. The second kappa shape index (κ2) is 4.30. The summed E-state index contributed by atoms with van der Waals surface area (Å²) >= 11 is 1.66. The van der Waals surface area contributed by atoms with Crippen LogP contribution in [0, 0.1) is 0 Å². The van der Waals surface area contributed by atoms with Gasteiger partial charge in [-0.1, -0.05) is 0 Å². The van der Waals surface area contributed by atoms with Gasteiger partial charge < -0.3 is 10.1 Å². The third-order valence-corrected chi connectivity index (χ3v) is 3.42. The van der Waals surface area contributed by atoms with Crippen LogP contribution in [0.2, 0.25) is 0 Å². The highest BCUT2D eigenvalue weighted by molar-refractivity contribution is 7.10. The number of nitrogens with zero attached hydrogens (tertiary/aromatic N) is 1. The van der Waals surface area contributed by atoms with Crippen LogP contribution in [-0.2, 0) is 16.1 Å². The Balaban J connectivity index is 2.12. The summed E-state index contributed by atoms with van der Waals surface area (Å²) in [6.45, 7) is 1.10. The molecule has 15 heavy (non-hydrogen) atoms. The number of rotatable bonds is 3. The Labute approximate surface area is 92.8 Å². The predicted molar refractivity (Wildman–Crippen MR) is 58.5 cm³/mol. The molecule has 1 aliphatic rings. The SMILES string of the molecule is COCc1csc(C2NC(=O)CN2C)c1. The van der Waals surface area contributed by atoms with E-state index >= 15 is 0 Å². The number of carbonyl (C=O) groups excluding carboxylic acids is 1. The van der Waals surface area contributed by atoms with Gasteiger partial charge in [-0.05, 0) is 24.1 Å². The monoisotopic (exact) mass is 226 g/mol. The highest BCUT2D eigenvalue weighted by Gasteiger charge is 2.28. The summed E-state index contributed by atoms with van der Waals surface area (Å²) in [6.07, 6.45) is 0.0353. The smallest absolute Gasteiger partial charge is 0.235 e.